The van der Waals surface area contributed by atoms with Crippen LogP contribution in [0.4, 0.5) is 0 Å². The highest BCUT2D eigenvalue weighted by atomic mass is 16.1. The van der Waals surface area contributed by atoms with E-state index in [2.05, 4.69) is 21.7 Å². The van der Waals surface area contributed by atoms with Crippen LogP contribution in [0.25, 0.3) is 11.0 Å². The van der Waals surface area contributed by atoms with Crippen molar-refractivity contribution in [3.63, 3.8) is 0 Å². The highest BCUT2D eigenvalue weighted by Crippen LogP contribution is 2.29. The van der Waals surface area contributed by atoms with Gasteiger partial charge < -0.3 is 10.6 Å². The van der Waals surface area contributed by atoms with E-state index in [1.54, 1.807) is 0 Å². The van der Waals surface area contributed by atoms with Crippen molar-refractivity contribution < 1.29 is 4.79 Å². The molecule has 1 saturated heterocycles. The Hall–Kier alpha value is -1.95. The molecule has 1 aliphatic carbocycles. The molecule has 0 aromatic carbocycles. The van der Waals surface area contributed by atoms with Gasteiger partial charge in [0.2, 0.25) is 5.91 Å². The zero-order valence-electron chi connectivity index (χ0n) is 15.4. The van der Waals surface area contributed by atoms with Crippen LogP contribution in [0.5, 0.6) is 0 Å². The lowest BCUT2D eigenvalue weighted by atomic mass is 10.0. The van der Waals surface area contributed by atoms with Gasteiger partial charge in [0.05, 0.1) is 12.2 Å². The zero-order valence-corrected chi connectivity index (χ0v) is 15.4. The lowest BCUT2D eigenvalue weighted by Gasteiger charge is -2.09. The Labute approximate surface area is 154 Å². The summed E-state index contributed by atoms with van der Waals surface area (Å²) in [6.45, 7) is 3.32. The fourth-order valence-electron chi connectivity index (χ4n) is 4.40. The van der Waals surface area contributed by atoms with Gasteiger partial charge in [0.1, 0.15) is 0 Å². The second-order valence-electron chi connectivity index (χ2n) is 7.71. The molecule has 4 rings (SSSR count). The second-order valence-corrected chi connectivity index (χ2v) is 7.71. The normalized spacial score (nSPS) is 20.8. The van der Waals surface area contributed by atoms with Gasteiger partial charge in [-0.3, -0.25) is 4.79 Å². The van der Waals surface area contributed by atoms with Crippen LogP contribution >= 0.6 is 0 Å². The molecule has 2 aromatic rings. The average Bonchev–Trinajstić information content (AvgIpc) is 3.41. The molecular weight excluding hydrogens is 326 g/mol. The summed E-state index contributed by atoms with van der Waals surface area (Å²) in [6.07, 6.45) is 9.91. The summed E-state index contributed by atoms with van der Waals surface area (Å²) in [4.78, 5) is 16.6. The lowest BCUT2D eigenvalue weighted by molar-refractivity contribution is -0.121. The molecule has 0 unspecified atom stereocenters. The molecule has 140 valence electrons. The summed E-state index contributed by atoms with van der Waals surface area (Å²) in [5.41, 5.74) is 2.07. The summed E-state index contributed by atoms with van der Waals surface area (Å²) in [7, 11) is 0. The molecule has 0 spiro atoms. The van der Waals surface area contributed by atoms with E-state index in [-0.39, 0.29) is 5.91 Å². The maximum atomic E-state index is 12.1. The van der Waals surface area contributed by atoms with Gasteiger partial charge in [-0.1, -0.05) is 25.7 Å². The molecule has 0 bridgehead atoms. The topological polar surface area (TPSA) is 71.8 Å². The van der Waals surface area contributed by atoms with Crippen molar-refractivity contribution in [2.45, 2.75) is 57.4 Å². The fourth-order valence-corrected chi connectivity index (χ4v) is 4.40. The maximum Gasteiger partial charge on any atom is 0.220 e. The summed E-state index contributed by atoms with van der Waals surface area (Å²) < 4.78 is 1.96. The Balaban J connectivity index is 1.34. The van der Waals surface area contributed by atoms with Crippen molar-refractivity contribution in [3.8, 4) is 0 Å². The standard InChI is InChI=1S/C20H29N5O/c26-18(8-7-15-4-1-2-5-15)22-12-13-25-20-17(6-3-10-23-20)19(24-25)16-9-11-21-14-16/h3,6,10,15-16,21H,1-2,4-5,7-9,11-14H2,(H,22,26)/t16-/m1/s1. The second kappa shape index (κ2) is 8.16. The number of aromatic nitrogens is 3. The molecule has 1 amide bonds. The smallest absolute Gasteiger partial charge is 0.220 e. The van der Waals surface area contributed by atoms with Crippen molar-refractivity contribution in [3.05, 3.63) is 24.0 Å². The zero-order chi connectivity index (χ0) is 17.8. The largest absolute Gasteiger partial charge is 0.354 e. The fraction of sp³-hybridized carbons (Fsp3) is 0.650. The Morgan fingerprint density at radius 3 is 3.00 bits per heavy atom. The number of carbonyl (C=O) groups is 1. The van der Waals surface area contributed by atoms with Gasteiger partial charge in [-0.15, -0.1) is 0 Å². The van der Waals surface area contributed by atoms with Crippen molar-refractivity contribution in [2.24, 2.45) is 5.92 Å². The molecule has 1 saturated carbocycles. The minimum Gasteiger partial charge on any atom is -0.354 e. The van der Waals surface area contributed by atoms with E-state index in [1.807, 2.05) is 16.9 Å². The first-order valence-corrected chi connectivity index (χ1v) is 10.1. The molecule has 26 heavy (non-hydrogen) atoms. The molecule has 6 heteroatoms. The van der Waals surface area contributed by atoms with E-state index in [1.165, 1.54) is 25.7 Å². The predicted octanol–water partition coefficient (Wildman–Crippen LogP) is 2.59. The summed E-state index contributed by atoms with van der Waals surface area (Å²) in [6, 6.07) is 4.09. The van der Waals surface area contributed by atoms with Gasteiger partial charge in [0.25, 0.3) is 0 Å². The number of nitrogens with zero attached hydrogens (tertiary/aromatic N) is 3. The number of hydrogen-bond acceptors (Lipinski definition) is 4. The first-order chi connectivity index (χ1) is 12.8. The Kier molecular flexibility index (Phi) is 5.48. The van der Waals surface area contributed by atoms with Crippen LogP contribution in [-0.2, 0) is 11.3 Å². The molecular formula is C20H29N5O. The first-order valence-electron chi connectivity index (χ1n) is 10.1. The van der Waals surface area contributed by atoms with Gasteiger partial charge in [-0.05, 0) is 37.4 Å². The number of carbonyl (C=O) groups excluding carboxylic acids is 1. The summed E-state index contributed by atoms with van der Waals surface area (Å²) >= 11 is 0. The van der Waals surface area contributed by atoms with Crippen LogP contribution in [0, 0.1) is 5.92 Å². The lowest BCUT2D eigenvalue weighted by Crippen LogP contribution is -2.27. The minimum atomic E-state index is 0.168. The van der Waals surface area contributed by atoms with Gasteiger partial charge >= 0.3 is 0 Å². The van der Waals surface area contributed by atoms with E-state index in [4.69, 9.17) is 5.10 Å². The van der Waals surface area contributed by atoms with Crippen LogP contribution in [0.3, 0.4) is 0 Å². The molecule has 0 radical (unpaired) electrons. The van der Waals surface area contributed by atoms with Gasteiger partial charge in [-0.2, -0.15) is 5.10 Å². The Morgan fingerprint density at radius 2 is 2.19 bits per heavy atom. The number of amides is 1. The summed E-state index contributed by atoms with van der Waals surface area (Å²) in [5, 5.41) is 12.5. The predicted molar refractivity (Wildman–Crippen MR) is 102 cm³/mol. The van der Waals surface area contributed by atoms with Crippen LogP contribution in [0.1, 0.15) is 56.6 Å². The van der Waals surface area contributed by atoms with E-state index in [0.29, 0.717) is 25.4 Å². The quantitative estimate of drug-likeness (QED) is 0.801. The van der Waals surface area contributed by atoms with Crippen LogP contribution in [0.2, 0.25) is 0 Å². The first kappa shape index (κ1) is 17.5. The summed E-state index contributed by atoms with van der Waals surface area (Å²) in [5.74, 6) is 1.40. The third-order valence-electron chi connectivity index (χ3n) is 5.88. The van der Waals surface area contributed by atoms with E-state index >= 15 is 0 Å². The molecule has 2 aliphatic rings. The van der Waals surface area contributed by atoms with Crippen molar-refractivity contribution in [1.82, 2.24) is 25.4 Å². The van der Waals surface area contributed by atoms with E-state index < -0.39 is 0 Å². The highest BCUT2D eigenvalue weighted by molar-refractivity contribution is 5.79. The molecule has 1 aliphatic heterocycles. The molecule has 2 aromatic heterocycles. The highest BCUT2D eigenvalue weighted by Gasteiger charge is 2.23. The van der Waals surface area contributed by atoms with Gasteiger partial charge in [0, 0.05) is 37.0 Å². The molecule has 6 nitrogen and oxygen atoms in total. The number of pyridine rings is 1. The average molecular weight is 355 g/mol. The molecule has 2 fully saturated rings. The van der Waals surface area contributed by atoms with Crippen molar-refractivity contribution >= 4 is 16.9 Å². The maximum absolute atomic E-state index is 12.1. The third kappa shape index (κ3) is 3.90. The van der Waals surface area contributed by atoms with Crippen LogP contribution < -0.4 is 10.6 Å². The van der Waals surface area contributed by atoms with E-state index in [0.717, 1.165) is 48.6 Å². The molecule has 2 N–H and O–H groups in total. The molecule has 3 heterocycles. The number of hydrogen-bond donors (Lipinski definition) is 2. The van der Waals surface area contributed by atoms with Gasteiger partial charge in [0.15, 0.2) is 5.65 Å². The van der Waals surface area contributed by atoms with Gasteiger partial charge in [-0.25, -0.2) is 9.67 Å². The SMILES string of the molecule is O=C(CCC1CCCC1)NCCn1nc([C@@H]2CCNC2)c2cccnc21. The number of fused-ring (bicyclic) bond motifs is 1. The molecule has 1 atom stereocenters. The number of nitrogens with one attached hydrogen (secondary N) is 2. The van der Waals surface area contributed by atoms with E-state index in [9.17, 15) is 4.79 Å². The Morgan fingerprint density at radius 1 is 1.31 bits per heavy atom. The van der Waals surface area contributed by atoms with Crippen LogP contribution in [0.15, 0.2) is 18.3 Å². The monoisotopic (exact) mass is 355 g/mol. The Bertz CT molecular complexity index is 744. The third-order valence-corrected chi connectivity index (χ3v) is 5.88. The number of rotatable bonds is 7. The van der Waals surface area contributed by atoms with Crippen molar-refractivity contribution in [2.75, 3.05) is 19.6 Å². The van der Waals surface area contributed by atoms with Crippen LogP contribution in [-0.4, -0.2) is 40.3 Å². The van der Waals surface area contributed by atoms with Crippen molar-refractivity contribution in [1.29, 1.82) is 0 Å². The minimum absolute atomic E-state index is 0.168.